The van der Waals surface area contributed by atoms with Crippen molar-refractivity contribution in [2.24, 2.45) is 0 Å². The molecule has 4 aromatic rings. The summed E-state index contributed by atoms with van der Waals surface area (Å²) in [6.07, 6.45) is 9.63. The number of tetrazole rings is 1. The Labute approximate surface area is 199 Å². The predicted molar refractivity (Wildman–Crippen MR) is 131 cm³/mol. The molecule has 176 valence electrons. The quantitative estimate of drug-likeness (QED) is 0.434. The average molecular weight is 458 g/mol. The third kappa shape index (κ3) is 4.20. The van der Waals surface area contributed by atoms with Crippen LogP contribution in [-0.4, -0.2) is 34.7 Å². The summed E-state index contributed by atoms with van der Waals surface area (Å²) >= 11 is 0. The van der Waals surface area contributed by atoms with Gasteiger partial charge in [0.25, 0.3) is 0 Å². The van der Waals surface area contributed by atoms with Crippen LogP contribution < -0.4 is 5.69 Å². The van der Waals surface area contributed by atoms with E-state index in [1.54, 1.807) is 6.20 Å². The van der Waals surface area contributed by atoms with Crippen molar-refractivity contribution in [2.75, 3.05) is 0 Å². The SMILES string of the molecule is CCCc1c(C)n(C2CCCCC2)c(=O)n1Cc1ccc(-c2ncccc2-c2nn[nH]n2)cc1. The highest BCUT2D eigenvalue weighted by molar-refractivity contribution is 5.76. The van der Waals surface area contributed by atoms with E-state index in [2.05, 4.69) is 68.3 Å². The molecule has 1 aliphatic carbocycles. The number of nitrogens with one attached hydrogen (secondary N) is 1. The summed E-state index contributed by atoms with van der Waals surface area (Å²) in [5.41, 5.74) is 6.16. The normalized spacial score (nSPS) is 14.5. The van der Waals surface area contributed by atoms with Gasteiger partial charge in [-0.05, 0) is 49.1 Å². The second-order valence-corrected chi connectivity index (χ2v) is 9.14. The largest absolute Gasteiger partial charge is 0.329 e. The maximum absolute atomic E-state index is 13.5. The van der Waals surface area contributed by atoms with Crippen LogP contribution in [0.15, 0.2) is 47.4 Å². The molecule has 1 saturated carbocycles. The van der Waals surface area contributed by atoms with Crippen molar-refractivity contribution in [3.63, 3.8) is 0 Å². The Balaban J connectivity index is 1.46. The minimum Gasteiger partial charge on any atom is -0.293 e. The standard InChI is InChI=1S/C26H31N7O/c1-3-8-23-18(2)33(21-9-5-4-6-10-21)26(34)32(23)17-19-12-14-20(15-13-19)24-22(11-7-16-27-24)25-28-30-31-29-25/h7,11-16,21H,3-6,8-10,17H2,1-2H3,(H,28,29,30,31). The van der Waals surface area contributed by atoms with E-state index in [1.807, 2.05) is 16.7 Å². The van der Waals surface area contributed by atoms with Gasteiger partial charge in [0, 0.05) is 34.8 Å². The van der Waals surface area contributed by atoms with Gasteiger partial charge >= 0.3 is 5.69 Å². The molecule has 0 radical (unpaired) electrons. The molecule has 8 nitrogen and oxygen atoms in total. The summed E-state index contributed by atoms with van der Waals surface area (Å²) in [6, 6.07) is 12.4. The van der Waals surface area contributed by atoms with Gasteiger partial charge in [-0.1, -0.05) is 56.9 Å². The topological polar surface area (TPSA) is 94.3 Å². The molecule has 0 saturated heterocycles. The number of pyridine rings is 1. The minimum atomic E-state index is 0.140. The summed E-state index contributed by atoms with van der Waals surface area (Å²) in [6.45, 7) is 4.88. The molecule has 3 aromatic heterocycles. The van der Waals surface area contributed by atoms with Crippen molar-refractivity contribution in [3.8, 4) is 22.6 Å². The van der Waals surface area contributed by atoms with E-state index >= 15 is 0 Å². The first-order valence-electron chi connectivity index (χ1n) is 12.3. The molecule has 0 bridgehead atoms. The lowest BCUT2D eigenvalue weighted by Gasteiger charge is -2.23. The average Bonchev–Trinajstić information content (AvgIpc) is 3.49. The molecule has 1 N–H and O–H groups in total. The van der Waals surface area contributed by atoms with E-state index in [4.69, 9.17) is 0 Å². The van der Waals surface area contributed by atoms with Crippen LogP contribution in [0.25, 0.3) is 22.6 Å². The Hall–Kier alpha value is -3.55. The molecule has 1 aromatic carbocycles. The molecule has 8 heteroatoms. The van der Waals surface area contributed by atoms with E-state index in [9.17, 15) is 4.79 Å². The second kappa shape index (κ2) is 9.75. The van der Waals surface area contributed by atoms with Gasteiger partial charge in [0.1, 0.15) is 0 Å². The van der Waals surface area contributed by atoms with Crippen molar-refractivity contribution in [2.45, 2.75) is 71.4 Å². The summed E-state index contributed by atoms with van der Waals surface area (Å²) in [4.78, 5) is 18.1. The fourth-order valence-corrected chi connectivity index (χ4v) is 5.25. The maximum atomic E-state index is 13.5. The number of aromatic amines is 1. The predicted octanol–water partition coefficient (Wildman–Crippen LogP) is 4.71. The minimum absolute atomic E-state index is 0.140. The first kappa shape index (κ1) is 22.3. The summed E-state index contributed by atoms with van der Waals surface area (Å²) < 4.78 is 4.08. The summed E-state index contributed by atoms with van der Waals surface area (Å²) in [5.74, 6) is 0.516. The number of aromatic nitrogens is 7. The highest BCUT2D eigenvalue weighted by Crippen LogP contribution is 2.30. The van der Waals surface area contributed by atoms with Gasteiger partial charge in [-0.15, -0.1) is 10.2 Å². The van der Waals surface area contributed by atoms with Crippen molar-refractivity contribution < 1.29 is 0 Å². The maximum Gasteiger partial charge on any atom is 0.329 e. The van der Waals surface area contributed by atoms with Crippen LogP contribution in [0, 0.1) is 6.92 Å². The summed E-state index contributed by atoms with van der Waals surface area (Å²) in [5, 5.41) is 14.4. The molecule has 0 spiro atoms. The lowest BCUT2D eigenvalue weighted by molar-refractivity contribution is 0.340. The zero-order chi connectivity index (χ0) is 23.5. The zero-order valence-corrected chi connectivity index (χ0v) is 19.9. The van der Waals surface area contributed by atoms with Gasteiger partial charge in [-0.3, -0.25) is 14.1 Å². The molecule has 3 heterocycles. The molecule has 1 fully saturated rings. The van der Waals surface area contributed by atoms with Crippen LogP contribution in [0.3, 0.4) is 0 Å². The zero-order valence-electron chi connectivity index (χ0n) is 19.9. The van der Waals surface area contributed by atoms with Crippen LogP contribution in [0.5, 0.6) is 0 Å². The molecule has 0 aliphatic heterocycles. The van der Waals surface area contributed by atoms with Gasteiger partial charge < -0.3 is 0 Å². The Morgan fingerprint density at radius 2 is 1.88 bits per heavy atom. The van der Waals surface area contributed by atoms with Crippen molar-refractivity contribution in [1.29, 1.82) is 0 Å². The van der Waals surface area contributed by atoms with Crippen molar-refractivity contribution in [1.82, 2.24) is 34.7 Å². The Morgan fingerprint density at radius 3 is 2.59 bits per heavy atom. The number of imidazole rings is 1. The number of rotatable bonds is 7. The third-order valence-corrected chi connectivity index (χ3v) is 6.93. The van der Waals surface area contributed by atoms with Crippen LogP contribution in [0.2, 0.25) is 0 Å². The molecule has 34 heavy (non-hydrogen) atoms. The van der Waals surface area contributed by atoms with E-state index < -0.39 is 0 Å². The van der Waals surface area contributed by atoms with Gasteiger partial charge in [0.05, 0.1) is 12.2 Å². The molecular formula is C26H31N7O. The van der Waals surface area contributed by atoms with Crippen molar-refractivity contribution >= 4 is 0 Å². The lowest BCUT2D eigenvalue weighted by Crippen LogP contribution is -2.29. The van der Waals surface area contributed by atoms with Crippen LogP contribution in [0.4, 0.5) is 0 Å². The Morgan fingerprint density at radius 1 is 1.09 bits per heavy atom. The first-order chi connectivity index (χ1) is 16.7. The number of nitrogens with zero attached hydrogens (tertiary/aromatic N) is 6. The second-order valence-electron chi connectivity index (χ2n) is 9.14. The molecule has 0 unspecified atom stereocenters. The number of H-pyrrole nitrogens is 1. The Kier molecular flexibility index (Phi) is 6.38. The molecule has 1 aliphatic rings. The van der Waals surface area contributed by atoms with Gasteiger partial charge in [0.15, 0.2) is 0 Å². The molecule has 0 amide bonds. The van der Waals surface area contributed by atoms with Gasteiger partial charge in [0.2, 0.25) is 5.82 Å². The fraction of sp³-hybridized carbons (Fsp3) is 0.423. The molecule has 0 atom stereocenters. The smallest absolute Gasteiger partial charge is 0.293 e. The highest BCUT2D eigenvalue weighted by Gasteiger charge is 2.24. The van der Waals surface area contributed by atoms with Crippen molar-refractivity contribution in [3.05, 3.63) is 70.0 Å². The lowest BCUT2D eigenvalue weighted by atomic mass is 9.95. The third-order valence-electron chi connectivity index (χ3n) is 6.93. The number of hydrogen-bond acceptors (Lipinski definition) is 5. The van der Waals surface area contributed by atoms with E-state index in [-0.39, 0.29) is 5.69 Å². The van der Waals surface area contributed by atoms with Crippen LogP contribution in [0.1, 0.15) is 68.4 Å². The number of hydrogen-bond donors (Lipinski definition) is 1. The fourth-order valence-electron chi connectivity index (χ4n) is 5.25. The first-order valence-corrected chi connectivity index (χ1v) is 12.3. The molecular weight excluding hydrogens is 426 g/mol. The van der Waals surface area contributed by atoms with E-state index in [1.165, 1.54) is 25.0 Å². The van der Waals surface area contributed by atoms with E-state index in [0.717, 1.165) is 53.8 Å². The Bertz CT molecular complexity index is 1300. The van der Waals surface area contributed by atoms with E-state index in [0.29, 0.717) is 18.4 Å². The van der Waals surface area contributed by atoms with Crippen LogP contribution in [-0.2, 0) is 13.0 Å². The highest BCUT2D eigenvalue weighted by atomic mass is 16.1. The van der Waals surface area contributed by atoms with Gasteiger partial charge in [-0.2, -0.15) is 5.21 Å². The molecule has 5 rings (SSSR count). The monoisotopic (exact) mass is 457 g/mol. The summed E-state index contributed by atoms with van der Waals surface area (Å²) in [7, 11) is 0. The number of benzene rings is 1. The van der Waals surface area contributed by atoms with Crippen LogP contribution >= 0.6 is 0 Å². The van der Waals surface area contributed by atoms with Gasteiger partial charge in [-0.25, -0.2) is 4.79 Å².